The summed E-state index contributed by atoms with van der Waals surface area (Å²) in [4.78, 5) is 22.2. The first-order chi connectivity index (χ1) is 6.24. The van der Waals surface area contributed by atoms with Gasteiger partial charge in [0.1, 0.15) is 6.04 Å². The average molecular weight is 180 g/mol. The highest BCUT2D eigenvalue weighted by Gasteiger charge is 2.23. The van der Waals surface area contributed by atoms with Crippen LogP contribution in [0.4, 0.5) is 0 Å². The molecule has 0 bridgehead atoms. The molecule has 0 aromatic carbocycles. The van der Waals surface area contributed by atoms with Crippen molar-refractivity contribution >= 4 is 11.8 Å². The van der Waals surface area contributed by atoms with Gasteiger partial charge >= 0.3 is 0 Å². The van der Waals surface area contributed by atoms with Crippen LogP contribution in [0.25, 0.3) is 0 Å². The third-order valence-electron chi connectivity index (χ3n) is 1.91. The molecule has 2 amide bonds. The van der Waals surface area contributed by atoms with E-state index < -0.39 is 6.04 Å². The van der Waals surface area contributed by atoms with E-state index in [1.165, 1.54) is 0 Å². The molecule has 0 aromatic rings. The van der Waals surface area contributed by atoms with Crippen LogP contribution in [0.2, 0.25) is 0 Å². The minimum absolute atomic E-state index is 0.0629. The lowest BCUT2D eigenvalue weighted by atomic mass is 10.0. The van der Waals surface area contributed by atoms with E-state index in [-0.39, 0.29) is 18.4 Å². The SMILES string of the molecule is C#CCNC(=O)C1CCCC(=O)N1. The lowest BCUT2D eigenvalue weighted by Gasteiger charge is -2.21. The number of hydrogen-bond donors (Lipinski definition) is 2. The number of carbonyl (C=O) groups is 2. The third-order valence-corrected chi connectivity index (χ3v) is 1.91. The van der Waals surface area contributed by atoms with E-state index in [1.54, 1.807) is 0 Å². The van der Waals surface area contributed by atoms with Crippen molar-refractivity contribution in [2.45, 2.75) is 25.3 Å². The molecule has 1 atom stereocenters. The summed E-state index contributed by atoms with van der Waals surface area (Å²) in [6.07, 6.45) is 6.95. The van der Waals surface area contributed by atoms with Crippen molar-refractivity contribution in [1.82, 2.24) is 10.6 Å². The van der Waals surface area contributed by atoms with Crippen LogP contribution in [-0.2, 0) is 9.59 Å². The zero-order valence-corrected chi connectivity index (χ0v) is 7.30. The van der Waals surface area contributed by atoms with E-state index in [0.29, 0.717) is 12.8 Å². The highest BCUT2D eigenvalue weighted by Crippen LogP contribution is 2.07. The van der Waals surface area contributed by atoms with Crippen molar-refractivity contribution in [2.24, 2.45) is 0 Å². The predicted molar refractivity (Wildman–Crippen MR) is 47.6 cm³/mol. The van der Waals surface area contributed by atoms with Gasteiger partial charge in [-0.3, -0.25) is 9.59 Å². The van der Waals surface area contributed by atoms with Crippen molar-refractivity contribution in [3.05, 3.63) is 0 Å². The van der Waals surface area contributed by atoms with Gasteiger partial charge in [0.05, 0.1) is 6.54 Å². The zero-order chi connectivity index (χ0) is 9.68. The number of nitrogens with one attached hydrogen (secondary N) is 2. The van der Waals surface area contributed by atoms with E-state index in [0.717, 1.165) is 6.42 Å². The smallest absolute Gasteiger partial charge is 0.243 e. The Morgan fingerprint density at radius 2 is 2.54 bits per heavy atom. The standard InChI is InChI=1S/C9H12N2O2/c1-2-6-10-9(13)7-4-3-5-8(12)11-7/h1,7H,3-6H2,(H,10,13)(H,11,12). The van der Waals surface area contributed by atoms with E-state index in [1.807, 2.05) is 0 Å². The molecular weight excluding hydrogens is 168 g/mol. The average Bonchev–Trinajstić information content (AvgIpc) is 2.14. The Morgan fingerprint density at radius 1 is 1.77 bits per heavy atom. The predicted octanol–water partition coefficient (Wildman–Crippen LogP) is -0.596. The Bertz CT molecular complexity index is 255. The number of hydrogen-bond acceptors (Lipinski definition) is 2. The maximum absolute atomic E-state index is 11.3. The van der Waals surface area contributed by atoms with Gasteiger partial charge in [-0.05, 0) is 12.8 Å². The number of amides is 2. The summed E-state index contributed by atoms with van der Waals surface area (Å²) in [7, 11) is 0. The van der Waals surface area contributed by atoms with Crippen molar-refractivity contribution in [3.63, 3.8) is 0 Å². The molecule has 13 heavy (non-hydrogen) atoms. The van der Waals surface area contributed by atoms with Crippen molar-refractivity contribution in [3.8, 4) is 12.3 Å². The molecule has 1 aliphatic heterocycles. The van der Waals surface area contributed by atoms with Crippen LogP contribution in [-0.4, -0.2) is 24.4 Å². The van der Waals surface area contributed by atoms with E-state index in [2.05, 4.69) is 16.6 Å². The molecule has 1 fully saturated rings. The fourth-order valence-corrected chi connectivity index (χ4v) is 1.26. The molecule has 1 saturated heterocycles. The molecule has 4 nitrogen and oxygen atoms in total. The topological polar surface area (TPSA) is 58.2 Å². The molecule has 1 heterocycles. The lowest BCUT2D eigenvalue weighted by Crippen LogP contribution is -2.49. The second-order valence-corrected chi connectivity index (χ2v) is 2.93. The van der Waals surface area contributed by atoms with Gasteiger partial charge in [-0.15, -0.1) is 6.42 Å². The zero-order valence-electron chi connectivity index (χ0n) is 7.30. The third kappa shape index (κ3) is 2.79. The van der Waals surface area contributed by atoms with Gasteiger partial charge in [-0.2, -0.15) is 0 Å². The quantitative estimate of drug-likeness (QED) is 0.558. The lowest BCUT2D eigenvalue weighted by molar-refractivity contribution is -0.130. The molecule has 1 aliphatic rings. The Balaban J connectivity index is 2.38. The van der Waals surface area contributed by atoms with Crippen LogP contribution < -0.4 is 10.6 Å². The largest absolute Gasteiger partial charge is 0.344 e. The number of rotatable bonds is 2. The second kappa shape index (κ2) is 4.51. The Morgan fingerprint density at radius 3 is 3.15 bits per heavy atom. The van der Waals surface area contributed by atoms with Crippen molar-refractivity contribution in [1.29, 1.82) is 0 Å². The van der Waals surface area contributed by atoms with Crippen LogP contribution >= 0.6 is 0 Å². The van der Waals surface area contributed by atoms with Gasteiger partial charge < -0.3 is 10.6 Å². The molecule has 4 heteroatoms. The fourth-order valence-electron chi connectivity index (χ4n) is 1.26. The summed E-state index contributed by atoms with van der Waals surface area (Å²) < 4.78 is 0. The summed E-state index contributed by atoms with van der Waals surface area (Å²) in [6, 6.07) is -0.394. The van der Waals surface area contributed by atoms with Crippen LogP contribution in [0.3, 0.4) is 0 Å². The number of piperidine rings is 1. The van der Waals surface area contributed by atoms with Crippen molar-refractivity contribution < 1.29 is 9.59 Å². The highest BCUT2D eigenvalue weighted by atomic mass is 16.2. The van der Waals surface area contributed by atoms with E-state index in [9.17, 15) is 9.59 Å². The second-order valence-electron chi connectivity index (χ2n) is 2.93. The van der Waals surface area contributed by atoms with Gasteiger partial charge in [0.15, 0.2) is 0 Å². The molecule has 70 valence electrons. The summed E-state index contributed by atoms with van der Waals surface area (Å²) in [5, 5.41) is 5.14. The minimum atomic E-state index is -0.394. The summed E-state index contributed by atoms with van der Waals surface area (Å²) in [5.74, 6) is 2.05. The molecule has 0 saturated carbocycles. The van der Waals surface area contributed by atoms with Gasteiger partial charge in [0, 0.05) is 6.42 Å². The van der Waals surface area contributed by atoms with Gasteiger partial charge in [-0.1, -0.05) is 5.92 Å². The monoisotopic (exact) mass is 180 g/mol. The first kappa shape index (κ1) is 9.59. The van der Waals surface area contributed by atoms with E-state index in [4.69, 9.17) is 6.42 Å². The molecular formula is C9H12N2O2. The van der Waals surface area contributed by atoms with Crippen LogP contribution in [0.15, 0.2) is 0 Å². The summed E-state index contributed by atoms with van der Waals surface area (Å²) in [5.41, 5.74) is 0. The van der Waals surface area contributed by atoms with Crippen LogP contribution in [0.1, 0.15) is 19.3 Å². The van der Waals surface area contributed by atoms with Crippen LogP contribution in [0.5, 0.6) is 0 Å². The summed E-state index contributed by atoms with van der Waals surface area (Å²) >= 11 is 0. The molecule has 0 aromatic heterocycles. The molecule has 1 unspecified atom stereocenters. The van der Waals surface area contributed by atoms with E-state index >= 15 is 0 Å². The fraction of sp³-hybridized carbons (Fsp3) is 0.556. The Hall–Kier alpha value is -1.50. The molecule has 2 N–H and O–H groups in total. The first-order valence-corrected chi connectivity index (χ1v) is 4.24. The molecule has 0 spiro atoms. The number of terminal acetylenes is 1. The molecule has 0 radical (unpaired) electrons. The Labute approximate surface area is 77.1 Å². The molecule has 0 aliphatic carbocycles. The first-order valence-electron chi connectivity index (χ1n) is 4.24. The van der Waals surface area contributed by atoms with Gasteiger partial charge in [0.2, 0.25) is 11.8 Å². The molecule has 1 rings (SSSR count). The van der Waals surface area contributed by atoms with Crippen molar-refractivity contribution in [2.75, 3.05) is 6.54 Å². The maximum Gasteiger partial charge on any atom is 0.243 e. The maximum atomic E-state index is 11.3. The Kier molecular flexibility index (Phi) is 3.32. The minimum Gasteiger partial charge on any atom is -0.344 e. The summed E-state index contributed by atoms with van der Waals surface area (Å²) in [6.45, 7) is 0.213. The number of carbonyl (C=O) groups excluding carboxylic acids is 2. The van der Waals surface area contributed by atoms with Gasteiger partial charge in [-0.25, -0.2) is 0 Å². The normalized spacial score (nSPS) is 21.5. The highest BCUT2D eigenvalue weighted by molar-refractivity contribution is 5.88. The van der Waals surface area contributed by atoms with Crippen LogP contribution in [0, 0.1) is 12.3 Å². The van der Waals surface area contributed by atoms with Gasteiger partial charge in [0.25, 0.3) is 0 Å².